The number of rotatable bonds is 18. The van der Waals surface area contributed by atoms with Crippen LogP contribution in [0, 0.1) is 0 Å². The first-order chi connectivity index (χ1) is 18.8. The summed E-state index contributed by atoms with van der Waals surface area (Å²) in [5.41, 5.74) is 17.0. The van der Waals surface area contributed by atoms with Crippen molar-refractivity contribution in [3.63, 3.8) is 0 Å². The van der Waals surface area contributed by atoms with Crippen molar-refractivity contribution in [2.45, 2.75) is 62.7 Å². The van der Waals surface area contributed by atoms with Crippen LogP contribution in [0.2, 0.25) is 0 Å². The van der Waals surface area contributed by atoms with Gasteiger partial charge in [-0.2, -0.15) is 0 Å². The smallest absolute Gasteiger partial charge is 0.326 e. The van der Waals surface area contributed by atoms with Crippen LogP contribution in [-0.2, 0) is 35.2 Å². The van der Waals surface area contributed by atoms with Gasteiger partial charge in [0.05, 0.1) is 12.5 Å². The van der Waals surface area contributed by atoms with Crippen molar-refractivity contribution >= 4 is 41.6 Å². The molecule has 0 spiro atoms. The molecule has 1 rings (SSSR count). The molecule has 0 saturated carbocycles. The molecule has 0 aliphatic heterocycles. The lowest BCUT2D eigenvalue weighted by Crippen LogP contribution is -2.57. The van der Waals surface area contributed by atoms with Gasteiger partial charge in [-0.05, 0) is 24.8 Å². The zero-order valence-corrected chi connectivity index (χ0v) is 21.6. The molecule has 12 N–H and O–H groups in total. The first kappa shape index (κ1) is 33.3. The standard InChI is InChI=1S/C24H35N7O9/c25-14(8-9-18(32)33)20(36)29-15(7-4-10-28-24(26)27)21(37)30-16(11-13-5-2-1-3-6-13)22(38)31-17(23(39)40)12-19(34)35/h1-3,5-6,14-17H,4,7-12,25H2,(H,29,36)(H,30,37)(H,31,38)(H,32,33)(H,34,35)(H,39,40)(H4,26,27,28). The zero-order valence-electron chi connectivity index (χ0n) is 21.6. The van der Waals surface area contributed by atoms with Crippen LogP contribution in [0.3, 0.4) is 0 Å². The van der Waals surface area contributed by atoms with Crippen LogP contribution in [0.15, 0.2) is 35.3 Å². The van der Waals surface area contributed by atoms with Crippen molar-refractivity contribution in [2.75, 3.05) is 6.54 Å². The molecule has 0 radical (unpaired) electrons. The number of nitrogens with one attached hydrogen (secondary N) is 3. The van der Waals surface area contributed by atoms with Crippen molar-refractivity contribution in [1.29, 1.82) is 0 Å². The van der Waals surface area contributed by atoms with E-state index in [-0.39, 0.29) is 44.6 Å². The highest BCUT2D eigenvalue weighted by molar-refractivity contribution is 5.94. The van der Waals surface area contributed by atoms with Crippen molar-refractivity contribution in [1.82, 2.24) is 16.0 Å². The Kier molecular flexibility index (Phi) is 14.1. The lowest BCUT2D eigenvalue weighted by atomic mass is 10.0. The summed E-state index contributed by atoms with van der Waals surface area (Å²) in [5.74, 6) is -6.99. The van der Waals surface area contributed by atoms with Crippen LogP contribution < -0.4 is 33.2 Å². The number of guanidine groups is 1. The van der Waals surface area contributed by atoms with E-state index in [1.807, 2.05) is 0 Å². The largest absolute Gasteiger partial charge is 0.481 e. The van der Waals surface area contributed by atoms with E-state index >= 15 is 0 Å². The van der Waals surface area contributed by atoms with Crippen LogP contribution in [0.1, 0.15) is 37.7 Å². The third-order valence-corrected chi connectivity index (χ3v) is 5.49. The zero-order chi connectivity index (χ0) is 30.2. The maximum atomic E-state index is 13.3. The Bertz CT molecular complexity index is 1080. The predicted octanol–water partition coefficient (Wildman–Crippen LogP) is -2.51. The number of nitrogens with zero attached hydrogens (tertiary/aromatic N) is 1. The fraction of sp³-hybridized carbons (Fsp3) is 0.458. The lowest BCUT2D eigenvalue weighted by Gasteiger charge is -2.25. The molecule has 0 fully saturated rings. The number of carboxylic acid groups (broad SMARTS) is 3. The topological polar surface area (TPSA) is 290 Å². The van der Waals surface area contributed by atoms with Gasteiger partial charge in [0.15, 0.2) is 5.96 Å². The molecular formula is C24H35N7O9. The summed E-state index contributed by atoms with van der Waals surface area (Å²) in [6, 6.07) is 2.80. The van der Waals surface area contributed by atoms with Gasteiger partial charge < -0.3 is 48.5 Å². The monoisotopic (exact) mass is 565 g/mol. The van der Waals surface area contributed by atoms with Gasteiger partial charge in [-0.3, -0.25) is 29.0 Å². The first-order valence-corrected chi connectivity index (χ1v) is 12.2. The highest BCUT2D eigenvalue weighted by Crippen LogP contribution is 2.07. The van der Waals surface area contributed by atoms with Crippen LogP contribution >= 0.6 is 0 Å². The fourth-order valence-electron chi connectivity index (χ4n) is 3.44. The fourth-order valence-corrected chi connectivity index (χ4v) is 3.44. The second-order valence-electron chi connectivity index (χ2n) is 8.80. The minimum absolute atomic E-state index is 0.00353. The van der Waals surface area contributed by atoms with Gasteiger partial charge in [0.25, 0.3) is 0 Å². The summed E-state index contributed by atoms with van der Waals surface area (Å²) in [7, 11) is 0. The van der Waals surface area contributed by atoms with Crippen molar-refractivity contribution < 1.29 is 44.1 Å². The number of nitrogens with two attached hydrogens (primary N) is 3. The van der Waals surface area contributed by atoms with E-state index in [2.05, 4.69) is 20.9 Å². The molecule has 0 aliphatic rings. The molecule has 16 nitrogen and oxygen atoms in total. The Morgan fingerprint density at radius 2 is 1.35 bits per heavy atom. The Morgan fingerprint density at radius 3 is 1.90 bits per heavy atom. The predicted molar refractivity (Wildman–Crippen MR) is 141 cm³/mol. The van der Waals surface area contributed by atoms with E-state index in [1.54, 1.807) is 30.3 Å². The third kappa shape index (κ3) is 13.2. The second-order valence-corrected chi connectivity index (χ2v) is 8.80. The molecule has 40 heavy (non-hydrogen) atoms. The lowest BCUT2D eigenvalue weighted by molar-refractivity contribution is -0.147. The van der Waals surface area contributed by atoms with Gasteiger partial charge in [-0.1, -0.05) is 30.3 Å². The van der Waals surface area contributed by atoms with Crippen LogP contribution in [0.4, 0.5) is 0 Å². The van der Waals surface area contributed by atoms with E-state index in [4.69, 9.17) is 27.4 Å². The average molecular weight is 566 g/mol. The van der Waals surface area contributed by atoms with E-state index in [0.717, 1.165) is 0 Å². The molecule has 4 atom stereocenters. The molecule has 16 heteroatoms. The van der Waals surface area contributed by atoms with Crippen LogP contribution in [0.25, 0.3) is 0 Å². The minimum Gasteiger partial charge on any atom is -0.481 e. The third-order valence-electron chi connectivity index (χ3n) is 5.49. The van der Waals surface area contributed by atoms with Gasteiger partial charge in [0, 0.05) is 19.4 Å². The molecule has 0 saturated heterocycles. The number of hydrogen-bond acceptors (Lipinski definition) is 8. The molecule has 1 aromatic carbocycles. The maximum Gasteiger partial charge on any atom is 0.326 e. The molecule has 0 aliphatic carbocycles. The number of carboxylic acids is 3. The van der Waals surface area contributed by atoms with Crippen molar-refractivity contribution in [2.24, 2.45) is 22.2 Å². The van der Waals surface area contributed by atoms with Gasteiger partial charge in [0.2, 0.25) is 17.7 Å². The van der Waals surface area contributed by atoms with Gasteiger partial charge in [0.1, 0.15) is 18.1 Å². The number of hydrogen-bond donors (Lipinski definition) is 9. The molecule has 0 bridgehead atoms. The summed E-state index contributed by atoms with van der Waals surface area (Å²) in [5, 5.41) is 34.2. The normalized spacial score (nSPS) is 13.5. The molecule has 0 heterocycles. The Morgan fingerprint density at radius 1 is 0.775 bits per heavy atom. The van der Waals surface area contributed by atoms with Crippen LogP contribution in [0.5, 0.6) is 0 Å². The highest BCUT2D eigenvalue weighted by atomic mass is 16.4. The summed E-state index contributed by atoms with van der Waals surface area (Å²) in [4.78, 5) is 76.0. The molecular weight excluding hydrogens is 530 g/mol. The van der Waals surface area contributed by atoms with Gasteiger partial charge >= 0.3 is 17.9 Å². The van der Waals surface area contributed by atoms with Gasteiger partial charge in [-0.25, -0.2) is 4.79 Å². The second kappa shape index (κ2) is 17.0. The van der Waals surface area contributed by atoms with Crippen LogP contribution in [-0.4, -0.2) is 87.6 Å². The summed E-state index contributed by atoms with van der Waals surface area (Å²) < 4.78 is 0. The number of benzene rings is 1. The molecule has 0 aromatic heterocycles. The van der Waals surface area contributed by atoms with Crippen molar-refractivity contribution in [3.8, 4) is 0 Å². The molecule has 4 unspecified atom stereocenters. The molecule has 3 amide bonds. The Labute approximate surface area is 229 Å². The first-order valence-electron chi connectivity index (χ1n) is 12.2. The Balaban J connectivity index is 3.16. The number of carbonyl (C=O) groups is 6. The number of carbonyl (C=O) groups excluding carboxylic acids is 3. The number of aliphatic imine (C=N–C) groups is 1. The summed E-state index contributed by atoms with van der Waals surface area (Å²) in [6.45, 7) is 0.108. The average Bonchev–Trinajstić information content (AvgIpc) is 2.87. The van der Waals surface area contributed by atoms with Gasteiger partial charge in [-0.15, -0.1) is 0 Å². The summed E-state index contributed by atoms with van der Waals surface area (Å²) >= 11 is 0. The number of aliphatic carboxylic acids is 3. The summed E-state index contributed by atoms with van der Waals surface area (Å²) in [6.07, 6.45) is -1.35. The van der Waals surface area contributed by atoms with E-state index in [0.29, 0.717) is 5.56 Å². The SMILES string of the molecule is NC(N)=NCCCC(NC(=O)C(N)CCC(=O)O)C(=O)NC(Cc1ccccc1)C(=O)NC(CC(=O)O)C(=O)O. The van der Waals surface area contributed by atoms with Crippen molar-refractivity contribution in [3.05, 3.63) is 35.9 Å². The molecule has 220 valence electrons. The quantitative estimate of drug-likeness (QED) is 0.0506. The van der Waals surface area contributed by atoms with E-state index in [9.17, 15) is 33.9 Å². The number of amides is 3. The maximum absolute atomic E-state index is 13.3. The highest BCUT2D eigenvalue weighted by Gasteiger charge is 2.31. The van der Waals surface area contributed by atoms with E-state index < -0.39 is 66.2 Å². The Hall–Kier alpha value is -4.73. The minimum atomic E-state index is -1.76. The van der Waals surface area contributed by atoms with E-state index in [1.165, 1.54) is 0 Å². The molecule has 1 aromatic rings.